The van der Waals surface area contributed by atoms with Gasteiger partial charge in [-0.3, -0.25) is 0 Å². The fourth-order valence-corrected chi connectivity index (χ4v) is 6.46. The van der Waals surface area contributed by atoms with E-state index in [2.05, 4.69) is 4.40 Å². The van der Waals surface area contributed by atoms with Gasteiger partial charge in [0.1, 0.15) is 18.1 Å². The van der Waals surface area contributed by atoms with Gasteiger partial charge in [0.25, 0.3) is 10.0 Å². The van der Waals surface area contributed by atoms with Gasteiger partial charge in [0, 0.05) is 37.8 Å². The summed E-state index contributed by atoms with van der Waals surface area (Å²) in [4.78, 5) is 2.15. The number of fused-ring (bicyclic) bond motifs is 2. The van der Waals surface area contributed by atoms with E-state index in [1.54, 1.807) is 24.3 Å². The van der Waals surface area contributed by atoms with E-state index in [1.807, 2.05) is 4.90 Å². The zero-order valence-corrected chi connectivity index (χ0v) is 17.5. The van der Waals surface area contributed by atoms with Crippen LogP contribution in [0.4, 0.5) is 0 Å². The Labute approximate surface area is 174 Å². The van der Waals surface area contributed by atoms with E-state index in [4.69, 9.17) is 9.47 Å². The number of sulfonamides is 2. The number of piperazine rings is 1. The predicted molar refractivity (Wildman–Crippen MR) is 108 cm³/mol. The number of rotatable bonds is 2. The van der Waals surface area contributed by atoms with Crippen molar-refractivity contribution in [3.8, 4) is 11.5 Å². The fourth-order valence-electron chi connectivity index (χ4n) is 3.79. The molecule has 0 unspecified atom stereocenters. The number of hydrogen-bond acceptors (Lipinski definition) is 7. The molecule has 1 fully saturated rings. The maximum atomic E-state index is 13.1. The third-order valence-electron chi connectivity index (χ3n) is 5.30. The van der Waals surface area contributed by atoms with Crippen LogP contribution in [0.1, 0.15) is 5.56 Å². The molecule has 5 rings (SSSR count). The van der Waals surface area contributed by atoms with E-state index in [0.717, 1.165) is 0 Å². The van der Waals surface area contributed by atoms with Crippen molar-refractivity contribution in [3.05, 3.63) is 48.0 Å². The summed E-state index contributed by atoms with van der Waals surface area (Å²) in [6, 6.07) is 11.3. The smallest absolute Gasteiger partial charge is 0.285 e. The molecule has 11 heteroatoms. The maximum absolute atomic E-state index is 13.1. The van der Waals surface area contributed by atoms with Crippen LogP contribution in [0.15, 0.2) is 56.7 Å². The Morgan fingerprint density at radius 2 is 1.60 bits per heavy atom. The molecule has 2 aromatic rings. The van der Waals surface area contributed by atoms with Crippen LogP contribution in [0.2, 0.25) is 0 Å². The molecular weight excluding hydrogens is 430 g/mol. The van der Waals surface area contributed by atoms with Gasteiger partial charge in [-0.2, -0.15) is 12.7 Å². The largest absolute Gasteiger partial charge is 0.486 e. The highest BCUT2D eigenvalue weighted by atomic mass is 32.2. The SMILES string of the molecule is O=S1(=O)N=C(N2CCN(S(=O)(=O)c3ccc4c(c3)OCCO4)CC2)c2ccccc21. The average molecular weight is 450 g/mol. The predicted octanol–water partition coefficient (Wildman–Crippen LogP) is 0.913. The zero-order valence-electron chi connectivity index (χ0n) is 15.9. The van der Waals surface area contributed by atoms with Crippen LogP contribution < -0.4 is 9.47 Å². The first-order valence-corrected chi connectivity index (χ1v) is 12.3. The molecule has 3 heterocycles. The van der Waals surface area contributed by atoms with Crippen LogP contribution in [0, 0.1) is 0 Å². The number of ether oxygens (including phenoxy) is 2. The molecule has 0 saturated carbocycles. The molecule has 0 aromatic heterocycles. The molecule has 158 valence electrons. The van der Waals surface area contributed by atoms with E-state index in [1.165, 1.54) is 22.5 Å². The van der Waals surface area contributed by atoms with E-state index < -0.39 is 20.0 Å². The molecule has 0 atom stereocenters. The Balaban J connectivity index is 1.35. The second kappa shape index (κ2) is 6.96. The highest BCUT2D eigenvalue weighted by Crippen LogP contribution is 2.34. The zero-order chi connectivity index (χ0) is 20.9. The lowest BCUT2D eigenvalue weighted by Crippen LogP contribution is -2.50. The summed E-state index contributed by atoms with van der Waals surface area (Å²) in [5.41, 5.74) is 0.556. The third kappa shape index (κ3) is 3.13. The highest BCUT2D eigenvalue weighted by molar-refractivity contribution is 7.90. The molecule has 30 heavy (non-hydrogen) atoms. The molecule has 0 N–H and O–H groups in total. The summed E-state index contributed by atoms with van der Waals surface area (Å²) in [7, 11) is -7.42. The highest BCUT2D eigenvalue weighted by Gasteiger charge is 2.35. The van der Waals surface area contributed by atoms with Gasteiger partial charge in [0.2, 0.25) is 10.0 Å². The fraction of sp³-hybridized carbons (Fsp3) is 0.316. The van der Waals surface area contributed by atoms with Gasteiger partial charge >= 0.3 is 0 Å². The van der Waals surface area contributed by atoms with Crippen LogP contribution in [0.3, 0.4) is 0 Å². The van der Waals surface area contributed by atoms with E-state index in [-0.39, 0.29) is 22.9 Å². The van der Waals surface area contributed by atoms with Crippen molar-refractivity contribution in [2.45, 2.75) is 9.79 Å². The Bertz CT molecular complexity index is 1250. The lowest BCUT2D eigenvalue weighted by Gasteiger charge is -2.35. The van der Waals surface area contributed by atoms with Gasteiger partial charge in [-0.05, 0) is 24.3 Å². The summed E-state index contributed by atoms with van der Waals surface area (Å²) in [5, 5.41) is 0. The molecule has 9 nitrogen and oxygen atoms in total. The maximum Gasteiger partial charge on any atom is 0.285 e. The monoisotopic (exact) mass is 449 g/mol. The number of benzene rings is 2. The second-order valence-electron chi connectivity index (χ2n) is 7.08. The molecule has 0 spiro atoms. The van der Waals surface area contributed by atoms with Crippen LogP contribution in [-0.2, 0) is 20.0 Å². The van der Waals surface area contributed by atoms with Crippen LogP contribution in [0.5, 0.6) is 11.5 Å². The number of amidine groups is 1. The third-order valence-corrected chi connectivity index (χ3v) is 8.52. The molecule has 0 aliphatic carbocycles. The van der Waals surface area contributed by atoms with Gasteiger partial charge in [-0.25, -0.2) is 8.42 Å². The van der Waals surface area contributed by atoms with Crippen LogP contribution >= 0.6 is 0 Å². The molecule has 0 amide bonds. The van der Waals surface area contributed by atoms with Crippen molar-refractivity contribution < 1.29 is 26.3 Å². The van der Waals surface area contributed by atoms with Crippen molar-refractivity contribution in [2.75, 3.05) is 39.4 Å². The molecule has 0 radical (unpaired) electrons. The minimum atomic E-state index is -3.71. The van der Waals surface area contributed by atoms with E-state index in [0.29, 0.717) is 49.2 Å². The van der Waals surface area contributed by atoms with Gasteiger partial charge in [0.05, 0.1) is 4.90 Å². The van der Waals surface area contributed by atoms with Gasteiger partial charge < -0.3 is 14.4 Å². The van der Waals surface area contributed by atoms with Crippen LogP contribution in [-0.4, -0.2) is 71.3 Å². The Hall–Kier alpha value is -2.63. The number of hydrogen-bond donors (Lipinski definition) is 0. The Morgan fingerprint density at radius 1 is 0.900 bits per heavy atom. The van der Waals surface area contributed by atoms with Crippen molar-refractivity contribution in [2.24, 2.45) is 4.40 Å². The lowest BCUT2D eigenvalue weighted by molar-refractivity contribution is 0.171. The second-order valence-corrected chi connectivity index (χ2v) is 10.6. The molecule has 2 aromatic carbocycles. The molecule has 3 aliphatic rings. The van der Waals surface area contributed by atoms with Gasteiger partial charge in [-0.15, -0.1) is 4.40 Å². The van der Waals surface area contributed by atoms with E-state index in [9.17, 15) is 16.8 Å². The molecule has 3 aliphatic heterocycles. The molecular formula is C19H19N3O6S2. The van der Waals surface area contributed by atoms with Crippen molar-refractivity contribution in [3.63, 3.8) is 0 Å². The standard InChI is InChI=1S/C19H19N3O6S2/c23-29(24)18-4-2-1-3-15(18)19(20-29)21-7-9-22(10-8-21)30(25,26)14-5-6-16-17(13-14)28-12-11-27-16/h1-6,13H,7-12H2. The minimum absolute atomic E-state index is 0.145. The number of nitrogens with zero attached hydrogens (tertiary/aromatic N) is 3. The van der Waals surface area contributed by atoms with Gasteiger partial charge in [0.15, 0.2) is 17.3 Å². The average Bonchev–Trinajstić information content (AvgIpc) is 3.04. The van der Waals surface area contributed by atoms with E-state index >= 15 is 0 Å². The van der Waals surface area contributed by atoms with Gasteiger partial charge in [-0.1, -0.05) is 12.1 Å². The van der Waals surface area contributed by atoms with Crippen LogP contribution in [0.25, 0.3) is 0 Å². The summed E-state index contributed by atoms with van der Waals surface area (Å²) in [5.74, 6) is 1.33. The summed E-state index contributed by atoms with van der Waals surface area (Å²) < 4.78 is 67.0. The van der Waals surface area contributed by atoms with Crippen molar-refractivity contribution in [1.29, 1.82) is 0 Å². The molecule has 0 bridgehead atoms. The quantitative estimate of drug-likeness (QED) is 0.671. The first-order valence-electron chi connectivity index (χ1n) is 9.45. The summed E-state index contributed by atoms with van der Waals surface area (Å²) >= 11 is 0. The first kappa shape index (κ1) is 19.3. The van der Waals surface area contributed by atoms with Crippen molar-refractivity contribution >= 4 is 25.9 Å². The Morgan fingerprint density at radius 3 is 2.37 bits per heavy atom. The summed E-state index contributed by atoms with van der Waals surface area (Å²) in [6.45, 7) is 1.93. The topological polar surface area (TPSA) is 106 Å². The normalized spacial score (nSPS) is 20.5. The Kier molecular flexibility index (Phi) is 4.49. The minimum Gasteiger partial charge on any atom is -0.486 e. The van der Waals surface area contributed by atoms with Crippen molar-refractivity contribution in [1.82, 2.24) is 9.21 Å². The lowest BCUT2D eigenvalue weighted by atomic mass is 10.2. The molecule has 1 saturated heterocycles. The summed E-state index contributed by atoms with van der Waals surface area (Å²) in [6.07, 6.45) is 0. The first-order chi connectivity index (χ1) is 14.4.